The molecule has 1 unspecified atom stereocenters. The third-order valence-electron chi connectivity index (χ3n) is 3.94. The summed E-state index contributed by atoms with van der Waals surface area (Å²) in [5.41, 5.74) is 1.13. The fraction of sp³-hybridized carbons (Fsp3) is 0.533. The van der Waals surface area contributed by atoms with Crippen molar-refractivity contribution in [3.8, 4) is 0 Å². The number of thiazole rings is 1. The number of rotatable bonds is 4. The van der Waals surface area contributed by atoms with Gasteiger partial charge in [-0.2, -0.15) is 0 Å². The molecule has 3 nitrogen and oxygen atoms in total. The van der Waals surface area contributed by atoms with Crippen LogP contribution in [0.3, 0.4) is 0 Å². The van der Waals surface area contributed by atoms with Crippen LogP contribution in [0.2, 0.25) is 0 Å². The quantitative estimate of drug-likeness (QED) is 0.932. The third-order valence-corrected chi connectivity index (χ3v) is 5.00. The van der Waals surface area contributed by atoms with Crippen molar-refractivity contribution < 1.29 is 4.74 Å². The number of likely N-dealkylation sites (N-methyl/N-ethyl adjacent to an activating group) is 1. The number of hydrogen-bond acceptors (Lipinski definition) is 4. The Morgan fingerprint density at radius 1 is 1.37 bits per heavy atom. The molecule has 1 aromatic heterocycles. The lowest BCUT2D eigenvalue weighted by molar-refractivity contribution is 0.0547. The van der Waals surface area contributed by atoms with Crippen molar-refractivity contribution >= 4 is 21.6 Å². The van der Waals surface area contributed by atoms with E-state index in [4.69, 9.17) is 9.72 Å². The van der Waals surface area contributed by atoms with Crippen LogP contribution in [0.1, 0.15) is 17.8 Å². The van der Waals surface area contributed by atoms with Crippen LogP contribution < -0.4 is 5.32 Å². The van der Waals surface area contributed by atoms with E-state index in [9.17, 15) is 0 Å². The zero-order valence-electron chi connectivity index (χ0n) is 11.3. The number of nitrogens with zero attached hydrogens (tertiary/aromatic N) is 1. The van der Waals surface area contributed by atoms with Gasteiger partial charge in [-0.3, -0.25) is 0 Å². The van der Waals surface area contributed by atoms with Gasteiger partial charge < -0.3 is 10.1 Å². The number of hydrogen-bond donors (Lipinski definition) is 1. The summed E-state index contributed by atoms with van der Waals surface area (Å²) in [5, 5.41) is 4.72. The second kappa shape index (κ2) is 5.99. The zero-order valence-corrected chi connectivity index (χ0v) is 12.1. The second-order valence-electron chi connectivity index (χ2n) is 5.12. The Hall–Kier alpha value is -0.970. The lowest BCUT2D eigenvalue weighted by atomic mass is 9.90. The van der Waals surface area contributed by atoms with E-state index in [1.807, 2.05) is 11.3 Å². The molecule has 0 amide bonds. The first-order valence-electron chi connectivity index (χ1n) is 6.96. The van der Waals surface area contributed by atoms with Crippen LogP contribution in [-0.4, -0.2) is 31.3 Å². The molecule has 2 heterocycles. The van der Waals surface area contributed by atoms with Crippen LogP contribution >= 0.6 is 11.3 Å². The highest BCUT2D eigenvalue weighted by molar-refractivity contribution is 7.18. The van der Waals surface area contributed by atoms with Gasteiger partial charge in [-0.05, 0) is 37.9 Å². The molecule has 102 valence electrons. The van der Waals surface area contributed by atoms with E-state index in [-0.39, 0.29) is 0 Å². The first kappa shape index (κ1) is 13.0. The Morgan fingerprint density at radius 3 is 2.89 bits per heavy atom. The van der Waals surface area contributed by atoms with Crippen molar-refractivity contribution in [1.82, 2.24) is 10.3 Å². The number of aromatic nitrogens is 1. The summed E-state index contributed by atoms with van der Waals surface area (Å²) in [6, 6.07) is 8.90. The largest absolute Gasteiger partial charge is 0.381 e. The number of fused-ring (bicyclic) bond motifs is 1. The maximum Gasteiger partial charge on any atom is 0.0954 e. The summed E-state index contributed by atoms with van der Waals surface area (Å²) < 4.78 is 6.74. The minimum absolute atomic E-state index is 0.518. The Bertz CT molecular complexity index is 501. The Balaban J connectivity index is 1.74. The molecule has 19 heavy (non-hydrogen) atoms. The van der Waals surface area contributed by atoms with Crippen LogP contribution in [0.15, 0.2) is 24.3 Å². The lowest BCUT2D eigenvalue weighted by Crippen LogP contribution is -2.38. The topological polar surface area (TPSA) is 34.2 Å². The highest BCUT2D eigenvalue weighted by Crippen LogP contribution is 2.26. The average molecular weight is 276 g/mol. The summed E-state index contributed by atoms with van der Waals surface area (Å²) in [4.78, 5) is 4.74. The summed E-state index contributed by atoms with van der Waals surface area (Å²) in [7, 11) is 2.06. The number of nitrogens with one attached hydrogen (secondary N) is 1. The summed E-state index contributed by atoms with van der Waals surface area (Å²) >= 11 is 1.82. The molecule has 4 heteroatoms. The molecule has 1 aliphatic heterocycles. The highest BCUT2D eigenvalue weighted by atomic mass is 32.1. The monoisotopic (exact) mass is 276 g/mol. The van der Waals surface area contributed by atoms with Crippen molar-refractivity contribution in [3.05, 3.63) is 29.3 Å². The van der Waals surface area contributed by atoms with E-state index >= 15 is 0 Å². The smallest absolute Gasteiger partial charge is 0.0954 e. The second-order valence-corrected chi connectivity index (χ2v) is 6.24. The minimum atomic E-state index is 0.518. The van der Waals surface area contributed by atoms with Gasteiger partial charge in [0.1, 0.15) is 0 Å². The maximum atomic E-state index is 5.45. The molecule has 1 saturated heterocycles. The van der Waals surface area contributed by atoms with Gasteiger partial charge in [0.25, 0.3) is 0 Å². The Kier molecular flexibility index (Phi) is 4.11. The Labute approximate surface area is 118 Å². The van der Waals surface area contributed by atoms with E-state index < -0.39 is 0 Å². The van der Waals surface area contributed by atoms with Crippen molar-refractivity contribution in [1.29, 1.82) is 0 Å². The van der Waals surface area contributed by atoms with Gasteiger partial charge in [0.05, 0.1) is 15.2 Å². The van der Waals surface area contributed by atoms with E-state index in [1.54, 1.807) is 0 Å². The van der Waals surface area contributed by atoms with E-state index in [0.717, 1.165) is 38.0 Å². The van der Waals surface area contributed by atoms with Gasteiger partial charge in [0, 0.05) is 25.7 Å². The predicted molar refractivity (Wildman–Crippen MR) is 79.7 cm³/mol. The van der Waals surface area contributed by atoms with E-state index in [1.165, 1.54) is 9.71 Å². The first-order valence-corrected chi connectivity index (χ1v) is 7.78. The maximum absolute atomic E-state index is 5.45. The molecule has 1 atom stereocenters. The molecule has 1 N–H and O–H groups in total. The van der Waals surface area contributed by atoms with Gasteiger partial charge in [0.15, 0.2) is 0 Å². The molecular weight excluding hydrogens is 256 g/mol. The summed E-state index contributed by atoms with van der Waals surface area (Å²) in [6.07, 6.45) is 3.35. The van der Waals surface area contributed by atoms with Crippen molar-refractivity contribution in [2.75, 3.05) is 20.3 Å². The number of ether oxygens (including phenoxy) is 1. The molecule has 0 aliphatic carbocycles. The van der Waals surface area contributed by atoms with Crippen LogP contribution in [-0.2, 0) is 11.2 Å². The van der Waals surface area contributed by atoms with Crippen LogP contribution in [0.5, 0.6) is 0 Å². The van der Waals surface area contributed by atoms with Crippen molar-refractivity contribution in [3.63, 3.8) is 0 Å². The number of benzene rings is 1. The zero-order chi connectivity index (χ0) is 13.1. The molecule has 2 aromatic rings. The molecular formula is C15H20N2OS. The number of para-hydroxylation sites is 1. The van der Waals surface area contributed by atoms with E-state index in [2.05, 4.69) is 36.6 Å². The fourth-order valence-corrected chi connectivity index (χ4v) is 3.84. The first-order chi connectivity index (χ1) is 9.36. The molecule has 0 radical (unpaired) electrons. The van der Waals surface area contributed by atoms with Crippen LogP contribution in [0.25, 0.3) is 10.2 Å². The molecule has 0 spiro atoms. The predicted octanol–water partition coefficient (Wildman–Crippen LogP) is 2.85. The lowest BCUT2D eigenvalue weighted by Gasteiger charge is -2.29. The van der Waals surface area contributed by atoms with Crippen LogP contribution in [0, 0.1) is 5.92 Å². The minimum Gasteiger partial charge on any atom is -0.381 e. The normalized spacial score (nSPS) is 18.8. The SMILES string of the molecule is CNC(Cc1nc2ccccc2s1)C1CCOCC1. The van der Waals surface area contributed by atoms with Gasteiger partial charge in [-0.15, -0.1) is 11.3 Å². The third kappa shape index (κ3) is 2.96. The molecule has 0 bridgehead atoms. The average Bonchev–Trinajstić information content (AvgIpc) is 2.88. The van der Waals surface area contributed by atoms with E-state index in [0.29, 0.717) is 12.0 Å². The summed E-state index contributed by atoms with van der Waals surface area (Å²) in [5.74, 6) is 0.714. The molecule has 1 fully saturated rings. The molecule has 3 rings (SSSR count). The van der Waals surface area contributed by atoms with Gasteiger partial charge in [-0.1, -0.05) is 12.1 Å². The van der Waals surface area contributed by atoms with Gasteiger partial charge >= 0.3 is 0 Å². The van der Waals surface area contributed by atoms with Crippen molar-refractivity contribution in [2.45, 2.75) is 25.3 Å². The fourth-order valence-electron chi connectivity index (χ4n) is 2.82. The molecule has 1 aromatic carbocycles. The summed E-state index contributed by atoms with van der Waals surface area (Å²) in [6.45, 7) is 1.81. The molecule has 0 saturated carbocycles. The van der Waals surface area contributed by atoms with Gasteiger partial charge in [-0.25, -0.2) is 4.98 Å². The standard InChI is InChI=1S/C15H20N2OS/c1-16-13(11-6-8-18-9-7-11)10-15-17-12-4-2-3-5-14(12)19-15/h2-5,11,13,16H,6-10H2,1H3. The van der Waals surface area contributed by atoms with Gasteiger partial charge in [0.2, 0.25) is 0 Å². The molecule has 1 aliphatic rings. The van der Waals surface area contributed by atoms with Crippen molar-refractivity contribution in [2.24, 2.45) is 5.92 Å². The van der Waals surface area contributed by atoms with Crippen LogP contribution in [0.4, 0.5) is 0 Å². The Morgan fingerprint density at radius 2 is 2.16 bits per heavy atom. The highest BCUT2D eigenvalue weighted by Gasteiger charge is 2.23.